The van der Waals surface area contributed by atoms with E-state index in [4.69, 9.17) is 4.42 Å². The predicted molar refractivity (Wildman–Crippen MR) is 210 cm³/mol. The van der Waals surface area contributed by atoms with E-state index in [-0.39, 0.29) is 0 Å². The van der Waals surface area contributed by atoms with Gasteiger partial charge in [0.2, 0.25) is 0 Å². The molecule has 0 spiro atoms. The molecule has 2 heteroatoms. The summed E-state index contributed by atoms with van der Waals surface area (Å²) in [5, 5.41) is 3.61. The normalized spacial score (nSPS) is 11.2. The zero-order valence-electron chi connectivity index (χ0n) is 27.4. The molecule has 0 aliphatic rings. The molecular weight excluding hydrogens is 607 g/mol. The predicted octanol–water partition coefficient (Wildman–Crippen LogP) is 13.7. The van der Waals surface area contributed by atoms with Crippen molar-refractivity contribution in [1.29, 1.82) is 0 Å². The maximum atomic E-state index is 6.29. The van der Waals surface area contributed by atoms with Gasteiger partial charge in [0.1, 0.15) is 11.3 Å². The Morgan fingerprint density at radius 2 is 0.800 bits per heavy atom. The fourth-order valence-corrected chi connectivity index (χ4v) is 7.00. The molecule has 9 rings (SSSR count). The van der Waals surface area contributed by atoms with Crippen molar-refractivity contribution in [2.45, 2.75) is 0 Å². The number of nitrogens with zero attached hydrogens (tertiary/aromatic N) is 1. The van der Waals surface area contributed by atoms with Crippen molar-refractivity contribution in [3.05, 3.63) is 200 Å². The van der Waals surface area contributed by atoms with Crippen LogP contribution >= 0.6 is 0 Å². The van der Waals surface area contributed by atoms with Crippen LogP contribution in [0.4, 0.5) is 17.1 Å². The van der Waals surface area contributed by atoms with Crippen LogP contribution in [0.3, 0.4) is 0 Å². The van der Waals surface area contributed by atoms with E-state index in [2.05, 4.69) is 187 Å². The zero-order chi connectivity index (χ0) is 33.3. The molecule has 0 aliphatic heterocycles. The molecule has 9 aromatic rings. The molecule has 0 saturated carbocycles. The lowest BCUT2D eigenvalue weighted by atomic mass is 9.97. The summed E-state index contributed by atoms with van der Waals surface area (Å²) < 4.78 is 6.29. The maximum Gasteiger partial charge on any atom is 0.136 e. The van der Waals surface area contributed by atoms with Crippen molar-refractivity contribution < 1.29 is 4.42 Å². The monoisotopic (exact) mass is 639 g/mol. The molecular formula is C48H33NO. The highest BCUT2D eigenvalue weighted by molar-refractivity contribution is 5.97. The van der Waals surface area contributed by atoms with Crippen LogP contribution in [-0.2, 0) is 0 Å². The maximum absolute atomic E-state index is 6.29. The Labute approximate surface area is 292 Å². The number of hydrogen-bond acceptors (Lipinski definition) is 2. The number of furan rings is 1. The van der Waals surface area contributed by atoms with E-state index in [1.54, 1.807) is 0 Å². The van der Waals surface area contributed by atoms with Crippen LogP contribution in [0.5, 0.6) is 0 Å². The molecule has 1 heterocycles. The molecule has 2 nitrogen and oxygen atoms in total. The lowest BCUT2D eigenvalue weighted by Gasteiger charge is -2.26. The molecule has 0 atom stereocenters. The average Bonchev–Trinajstić information content (AvgIpc) is 3.64. The van der Waals surface area contributed by atoms with Crippen LogP contribution in [0.2, 0.25) is 0 Å². The molecule has 50 heavy (non-hydrogen) atoms. The van der Waals surface area contributed by atoms with Gasteiger partial charge in [-0.15, -0.1) is 0 Å². The fraction of sp³-hybridized carbons (Fsp3) is 0. The van der Waals surface area contributed by atoms with Gasteiger partial charge in [-0.2, -0.15) is 0 Å². The minimum Gasteiger partial charge on any atom is -0.456 e. The van der Waals surface area contributed by atoms with E-state index in [1.165, 1.54) is 33.0 Å². The molecule has 0 bridgehead atoms. The van der Waals surface area contributed by atoms with Gasteiger partial charge in [0, 0.05) is 28.0 Å². The van der Waals surface area contributed by atoms with Crippen LogP contribution in [0.1, 0.15) is 0 Å². The zero-order valence-corrected chi connectivity index (χ0v) is 27.4. The van der Waals surface area contributed by atoms with E-state index in [0.29, 0.717) is 0 Å². The quantitative estimate of drug-likeness (QED) is 0.173. The minimum absolute atomic E-state index is 0.872. The molecule has 1 aromatic heterocycles. The molecule has 0 N–H and O–H groups in total. The fourth-order valence-electron chi connectivity index (χ4n) is 7.00. The summed E-state index contributed by atoms with van der Waals surface area (Å²) in [5.74, 6) is 0.872. The molecule has 0 amide bonds. The molecule has 8 aromatic carbocycles. The van der Waals surface area contributed by atoms with Crippen LogP contribution in [0.25, 0.3) is 66.4 Å². The van der Waals surface area contributed by atoms with E-state index in [9.17, 15) is 0 Å². The summed E-state index contributed by atoms with van der Waals surface area (Å²) in [5.41, 5.74) is 12.3. The van der Waals surface area contributed by atoms with Crippen molar-refractivity contribution in [2.24, 2.45) is 0 Å². The van der Waals surface area contributed by atoms with E-state index >= 15 is 0 Å². The van der Waals surface area contributed by atoms with Gasteiger partial charge in [-0.3, -0.25) is 0 Å². The Hall–Kier alpha value is -6.64. The van der Waals surface area contributed by atoms with Crippen molar-refractivity contribution in [3.63, 3.8) is 0 Å². The summed E-state index contributed by atoms with van der Waals surface area (Å²) in [7, 11) is 0. The highest BCUT2D eigenvalue weighted by Gasteiger charge is 2.16. The van der Waals surface area contributed by atoms with Crippen LogP contribution in [0, 0.1) is 0 Å². The molecule has 0 fully saturated rings. The number of para-hydroxylation sites is 1. The van der Waals surface area contributed by atoms with E-state index < -0.39 is 0 Å². The Morgan fingerprint density at radius 1 is 0.320 bits per heavy atom. The second-order valence-corrected chi connectivity index (χ2v) is 12.6. The number of benzene rings is 8. The van der Waals surface area contributed by atoms with Gasteiger partial charge in [-0.1, -0.05) is 152 Å². The molecule has 0 radical (unpaired) electrons. The van der Waals surface area contributed by atoms with Gasteiger partial charge in [0.25, 0.3) is 0 Å². The first-order valence-electron chi connectivity index (χ1n) is 17.0. The summed E-state index contributed by atoms with van der Waals surface area (Å²) in [6.07, 6.45) is 0. The van der Waals surface area contributed by atoms with Gasteiger partial charge >= 0.3 is 0 Å². The Bertz CT molecular complexity index is 2530. The van der Waals surface area contributed by atoms with Gasteiger partial charge in [0.15, 0.2) is 0 Å². The lowest BCUT2D eigenvalue weighted by Crippen LogP contribution is -2.09. The molecule has 0 unspecified atom stereocenters. The van der Waals surface area contributed by atoms with Gasteiger partial charge < -0.3 is 9.32 Å². The second kappa shape index (κ2) is 12.8. The first-order chi connectivity index (χ1) is 24.8. The Balaban J connectivity index is 1.10. The summed E-state index contributed by atoms with van der Waals surface area (Å²) in [6, 6.07) is 71.0. The molecule has 0 aliphatic carbocycles. The highest BCUT2D eigenvalue weighted by atomic mass is 16.3. The smallest absolute Gasteiger partial charge is 0.136 e. The first-order valence-corrected chi connectivity index (χ1v) is 17.0. The summed E-state index contributed by atoms with van der Waals surface area (Å²) in [6.45, 7) is 0. The van der Waals surface area contributed by atoms with E-state index in [1.807, 2.05) is 18.2 Å². The van der Waals surface area contributed by atoms with Crippen molar-refractivity contribution in [3.8, 4) is 44.7 Å². The first kappa shape index (κ1) is 29.5. The van der Waals surface area contributed by atoms with Gasteiger partial charge in [-0.05, 0) is 92.7 Å². The number of hydrogen-bond donors (Lipinski definition) is 0. The van der Waals surface area contributed by atoms with Crippen LogP contribution < -0.4 is 4.90 Å². The second-order valence-electron chi connectivity index (χ2n) is 12.6. The van der Waals surface area contributed by atoms with Crippen molar-refractivity contribution in [1.82, 2.24) is 0 Å². The number of fused-ring (bicyclic) bond motifs is 2. The number of rotatable bonds is 7. The van der Waals surface area contributed by atoms with Gasteiger partial charge in [-0.25, -0.2) is 0 Å². The molecule has 0 saturated heterocycles. The third-order valence-electron chi connectivity index (χ3n) is 9.51. The highest BCUT2D eigenvalue weighted by Crippen LogP contribution is 2.40. The van der Waals surface area contributed by atoms with Crippen LogP contribution in [0.15, 0.2) is 205 Å². The summed E-state index contributed by atoms with van der Waals surface area (Å²) in [4.78, 5) is 2.33. The third kappa shape index (κ3) is 5.53. The standard InChI is InChI=1S/C48H33NO/c1-2-11-34(12-3-1)35-21-27-40(28-22-35)49(41-29-23-37(24-30-41)44-19-10-15-36-13-4-6-16-43(36)44)42-31-25-38(26-32-42)45-17-7-8-18-46(45)48-33-39-14-5-9-20-47(39)50-48/h1-33H. The van der Waals surface area contributed by atoms with E-state index in [0.717, 1.165) is 50.5 Å². The van der Waals surface area contributed by atoms with Gasteiger partial charge in [0.05, 0.1) is 0 Å². The Morgan fingerprint density at radius 3 is 1.48 bits per heavy atom. The van der Waals surface area contributed by atoms with Crippen molar-refractivity contribution in [2.75, 3.05) is 4.90 Å². The SMILES string of the molecule is c1ccc(-c2ccc(N(c3ccc(-c4ccccc4-c4cc5ccccc5o4)cc3)c3ccc(-c4cccc5ccccc45)cc3)cc2)cc1. The Kier molecular flexibility index (Phi) is 7.53. The number of anilines is 3. The van der Waals surface area contributed by atoms with Crippen molar-refractivity contribution >= 4 is 38.8 Å². The largest absolute Gasteiger partial charge is 0.456 e. The third-order valence-corrected chi connectivity index (χ3v) is 9.51. The molecule has 236 valence electrons. The minimum atomic E-state index is 0.872. The summed E-state index contributed by atoms with van der Waals surface area (Å²) >= 11 is 0. The average molecular weight is 640 g/mol. The topological polar surface area (TPSA) is 16.4 Å². The van der Waals surface area contributed by atoms with Crippen LogP contribution in [-0.4, -0.2) is 0 Å². The lowest BCUT2D eigenvalue weighted by molar-refractivity contribution is 0.632.